The van der Waals surface area contributed by atoms with Crippen molar-refractivity contribution in [1.29, 1.82) is 0 Å². The molecule has 0 aromatic heterocycles. The van der Waals surface area contributed by atoms with Crippen LogP contribution in [0.4, 0.5) is 11.4 Å². The van der Waals surface area contributed by atoms with E-state index in [1.807, 2.05) is 0 Å². The third-order valence-corrected chi connectivity index (χ3v) is 5.25. The van der Waals surface area contributed by atoms with Crippen LogP contribution in [0, 0.1) is 5.92 Å². The van der Waals surface area contributed by atoms with E-state index < -0.39 is 15.9 Å². The highest BCUT2D eigenvalue weighted by molar-refractivity contribution is 7.89. The van der Waals surface area contributed by atoms with E-state index in [0.29, 0.717) is 17.1 Å². The topological polar surface area (TPSA) is 119 Å². The van der Waals surface area contributed by atoms with Gasteiger partial charge in [0.2, 0.25) is 21.8 Å². The molecule has 1 aliphatic rings. The Hall–Kier alpha value is -2.91. The highest BCUT2D eigenvalue weighted by atomic mass is 32.2. The van der Waals surface area contributed by atoms with Crippen LogP contribution in [0.15, 0.2) is 53.4 Å². The summed E-state index contributed by atoms with van der Waals surface area (Å²) in [6, 6.07) is 12.6. The Morgan fingerprint density at radius 1 is 1.19 bits per heavy atom. The molecule has 1 fully saturated rings. The zero-order chi connectivity index (χ0) is 19.6. The van der Waals surface area contributed by atoms with E-state index in [1.165, 1.54) is 36.3 Å². The molecule has 1 saturated heterocycles. The summed E-state index contributed by atoms with van der Waals surface area (Å²) in [7, 11) is -2.27. The van der Waals surface area contributed by atoms with Crippen molar-refractivity contribution >= 4 is 33.2 Å². The fourth-order valence-electron chi connectivity index (χ4n) is 2.94. The number of nitrogens with zero attached hydrogens (tertiary/aromatic N) is 1. The van der Waals surface area contributed by atoms with Crippen molar-refractivity contribution in [3.8, 4) is 5.75 Å². The Morgan fingerprint density at radius 3 is 2.48 bits per heavy atom. The Kier molecular flexibility index (Phi) is 5.15. The second-order valence-corrected chi connectivity index (χ2v) is 7.70. The van der Waals surface area contributed by atoms with Crippen LogP contribution < -0.4 is 20.1 Å². The van der Waals surface area contributed by atoms with Crippen molar-refractivity contribution in [2.24, 2.45) is 11.1 Å². The van der Waals surface area contributed by atoms with Gasteiger partial charge in [0.25, 0.3) is 0 Å². The minimum Gasteiger partial charge on any atom is -0.495 e. The molecule has 142 valence electrons. The summed E-state index contributed by atoms with van der Waals surface area (Å²) in [5, 5.41) is 7.75. The molecule has 0 aliphatic carbocycles. The van der Waals surface area contributed by atoms with Crippen LogP contribution in [0.5, 0.6) is 5.75 Å². The summed E-state index contributed by atoms with van der Waals surface area (Å²) in [6.45, 7) is 0.236. The molecule has 2 aromatic rings. The van der Waals surface area contributed by atoms with E-state index in [2.05, 4.69) is 5.32 Å². The smallest absolute Gasteiger partial charge is 0.238 e. The fraction of sp³-hybridized carbons (Fsp3) is 0.222. The Balaban J connectivity index is 1.71. The molecule has 0 bridgehead atoms. The molecular formula is C18H19N3O5S. The molecule has 0 radical (unpaired) electrons. The SMILES string of the molecule is COc1ccccc1N1CC(C(=O)Nc2ccc(S(N)(=O)=O)cc2)CC1=O. The molecule has 1 heterocycles. The average Bonchev–Trinajstić information content (AvgIpc) is 3.03. The third kappa shape index (κ3) is 4.09. The maximum atomic E-state index is 12.5. The number of sulfonamides is 1. The Morgan fingerprint density at radius 2 is 1.85 bits per heavy atom. The molecule has 27 heavy (non-hydrogen) atoms. The molecule has 9 heteroatoms. The lowest BCUT2D eigenvalue weighted by molar-refractivity contribution is -0.122. The maximum Gasteiger partial charge on any atom is 0.238 e. The number of carbonyl (C=O) groups is 2. The van der Waals surface area contributed by atoms with Crippen LogP contribution >= 0.6 is 0 Å². The number of benzene rings is 2. The van der Waals surface area contributed by atoms with Crippen LogP contribution in [0.1, 0.15) is 6.42 Å². The van der Waals surface area contributed by atoms with Gasteiger partial charge < -0.3 is 15.0 Å². The summed E-state index contributed by atoms with van der Waals surface area (Å²) >= 11 is 0. The molecule has 3 N–H and O–H groups in total. The number of para-hydroxylation sites is 2. The van der Waals surface area contributed by atoms with E-state index in [4.69, 9.17) is 9.88 Å². The van der Waals surface area contributed by atoms with Crippen LogP contribution in [0.25, 0.3) is 0 Å². The number of carbonyl (C=O) groups excluding carboxylic acids is 2. The van der Waals surface area contributed by atoms with Crippen molar-refractivity contribution in [1.82, 2.24) is 0 Å². The molecular weight excluding hydrogens is 370 g/mol. The number of hydrogen-bond acceptors (Lipinski definition) is 5. The summed E-state index contributed by atoms with van der Waals surface area (Å²) in [4.78, 5) is 26.4. The first-order valence-corrected chi connectivity index (χ1v) is 9.71. The van der Waals surface area contributed by atoms with Crippen molar-refractivity contribution < 1.29 is 22.7 Å². The summed E-state index contributed by atoms with van der Waals surface area (Å²) in [5.41, 5.74) is 1.05. The largest absolute Gasteiger partial charge is 0.495 e. The molecule has 0 spiro atoms. The summed E-state index contributed by atoms with van der Waals surface area (Å²) < 4.78 is 27.8. The van der Waals surface area contributed by atoms with Crippen LogP contribution in [0.3, 0.4) is 0 Å². The van der Waals surface area contributed by atoms with Gasteiger partial charge in [-0.2, -0.15) is 0 Å². The fourth-order valence-corrected chi connectivity index (χ4v) is 3.46. The monoisotopic (exact) mass is 389 g/mol. The number of rotatable bonds is 5. The van der Waals surface area contributed by atoms with Gasteiger partial charge in [-0.25, -0.2) is 13.6 Å². The van der Waals surface area contributed by atoms with Crippen LogP contribution in [-0.4, -0.2) is 33.9 Å². The number of amides is 2. The first-order valence-electron chi connectivity index (χ1n) is 8.16. The van der Waals surface area contributed by atoms with E-state index >= 15 is 0 Å². The van der Waals surface area contributed by atoms with Crippen molar-refractivity contribution in [2.75, 3.05) is 23.9 Å². The number of hydrogen-bond donors (Lipinski definition) is 2. The van der Waals surface area contributed by atoms with Gasteiger partial charge in [-0.3, -0.25) is 9.59 Å². The zero-order valence-corrected chi connectivity index (χ0v) is 15.4. The molecule has 2 aromatic carbocycles. The van der Waals surface area contributed by atoms with Gasteiger partial charge in [0.15, 0.2) is 0 Å². The summed E-state index contributed by atoms with van der Waals surface area (Å²) in [6.07, 6.45) is 0.0825. The van der Waals surface area contributed by atoms with Gasteiger partial charge in [-0.15, -0.1) is 0 Å². The second kappa shape index (κ2) is 7.37. The van der Waals surface area contributed by atoms with Gasteiger partial charge in [0.05, 0.1) is 23.6 Å². The Bertz CT molecular complexity index is 973. The number of nitrogens with two attached hydrogens (primary N) is 1. The average molecular weight is 389 g/mol. The van der Waals surface area contributed by atoms with Crippen LogP contribution in [0.2, 0.25) is 0 Å². The lowest BCUT2D eigenvalue weighted by atomic mass is 10.1. The molecule has 0 saturated carbocycles. The number of primary sulfonamides is 1. The van der Waals surface area contributed by atoms with Gasteiger partial charge >= 0.3 is 0 Å². The molecule has 3 rings (SSSR count). The predicted octanol–water partition coefficient (Wildman–Crippen LogP) is 1.33. The van der Waals surface area contributed by atoms with Crippen molar-refractivity contribution in [2.45, 2.75) is 11.3 Å². The van der Waals surface area contributed by atoms with Crippen molar-refractivity contribution in [3.05, 3.63) is 48.5 Å². The zero-order valence-electron chi connectivity index (χ0n) is 14.6. The Labute approximate surface area is 157 Å². The predicted molar refractivity (Wildman–Crippen MR) is 99.9 cm³/mol. The number of anilines is 2. The van der Waals surface area contributed by atoms with Crippen LogP contribution in [-0.2, 0) is 19.6 Å². The standard InChI is InChI=1S/C18H19N3O5S/c1-26-16-5-3-2-4-15(16)21-11-12(10-17(21)22)18(23)20-13-6-8-14(9-7-13)27(19,24)25/h2-9,12H,10-11H2,1H3,(H,20,23)(H2,19,24,25). The molecule has 1 aliphatic heterocycles. The number of nitrogens with one attached hydrogen (secondary N) is 1. The highest BCUT2D eigenvalue weighted by Gasteiger charge is 2.36. The molecule has 2 amide bonds. The van der Waals surface area contributed by atoms with Gasteiger partial charge in [0.1, 0.15) is 5.75 Å². The minimum atomic E-state index is -3.79. The first-order chi connectivity index (χ1) is 12.8. The second-order valence-electron chi connectivity index (χ2n) is 6.14. The van der Waals surface area contributed by atoms with Gasteiger partial charge in [-0.05, 0) is 36.4 Å². The first kappa shape index (κ1) is 18.9. The molecule has 1 unspecified atom stereocenters. The minimum absolute atomic E-state index is 0.0427. The van der Waals surface area contributed by atoms with E-state index in [-0.39, 0.29) is 29.7 Å². The van der Waals surface area contributed by atoms with Gasteiger partial charge in [-0.1, -0.05) is 12.1 Å². The lowest BCUT2D eigenvalue weighted by Gasteiger charge is -2.19. The van der Waals surface area contributed by atoms with E-state index in [1.54, 1.807) is 24.3 Å². The molecule has 1 atom stereocenters. The highest BCUT2D eigenvalue weighted by Crippen LogP contribution is 2.33. The van der Waals surface area contributed by atoms with Gasteiger partial charge in [0, 0.05) is 18.7 Å². The normalized spacial score (nSPS) is 17.0. The van der Waals surface area contributed by atoms with Crippen molar-refractivity contribution in [3.63, 3.8) is 0 Å². The number of methoxy groups -OCH3 is 1. The quantitative estimate of drug-likeness (QED) is 0.800. The van der Waals surface area contributed by atoms with E-state index in [9.17, 15) is 18.0 Å². The maximum absolute atomic E-state index is 12.5. The molecule has 8 nitrogen and oxygen atoms in total. The van der Waals surface area contributed by atoms with E-state index in [0.717, 1.165) is 0 Å². The summed E-state index contributed by atoms with van der Waals surface area (Å²) in [5.74, 6) is -0.445. The number of ether oxygens (including phenoxy) is 1. The lowest BCUT2D eigenvalue weighted by Crippen LogP contribution is -2.28. The third-order valence-electron chi connectivity index (χ3n) is 4.32.